The molecule has 2 N–H and O–H groups in total. The highest BCUT2D eigenvalue weighted by molar-refractivity contribution is 7.91. The summed E-state index contributed by atoms with van der Waals surface area (Å²) in [4.78, 5) is 2.50. The first-order valence-electron chi connectivity index (χ1n) is 4.60. The van der Waals surface area contributed by atoms with Crippen LogP contribution in [0.4, 0.5) is 0 Å². The van der Waals surface area contributed by atoms with Crippen LogP contribution in [-0.2, 0) is 9.84 Å². The lowest BCUT2D eigenvalue weighted by Crippen LogP contribution is -2.42. The summed E-state index contributed by atoms with van der Waals surface area (Å²) in [5.41, 5.74) is 5.42. The third-order valence-electron chi connectivity index (χ3n) is 2.55. The number of hydrogen-bond acceptors (Lipinski definition) is 4. The molecule has 0 aromatic heterocycles. The number of hydrogen-bond donors (Lipinski definition) is 1. The van der Waals surface area contributed by atoms with Crippen molar-refractivity contribution >= 4 is 27.0 Å². The van der Waals surface area contributed by atoms with E-state index in [-0.39, 0.29) is 0 Å². The molecular weight excluding hydrogens is 220 g/mol. The number of nitrogens with zero attached hydrogens (tertiary/aromatic N) is 1. The molecule has 1 aliphatic heterocycles. The first-order valence-corrected chi connectivity index (χ1v) is 6.82. The Bertz CT molecular complexity index is 299. The van der Waals surface area contributed by atoms with Crippen molar-refractivity contribution in [2.45, 2.75) is 18.9 Å². The van der Waals surface area contributed by atoms with E-state index in [0.717, 1.165) is 0 Å². The van der Waals surface area contributed by atoms with Crippen LogP contribution in [-0.4, -0.2) is 49.4 Å². The Labute approximate surface area is 90.4 Å². The van der Waals surface area contributed by atoms with Crippen molar-refractivity contribution in [3.8, 4) is 0 Å². The molecule has 0 saturated carbocycles. The highest BCUT2D eigenvalue weighted by atomic mass is 32.2. The van der Waals surface area contributed by atoms with Crippen molar-refractivity contribution in [3.63, 3.8) is 0 Å². The highest BCUT2D eigenvalue weighted by Gasteiger charge is 2.26. The van der Waals surface area contributed by atoms with Crippen LogP contribution < -0.4 is 5.73 Å². The molecule has 1 rings (SSSR count). The summed E-state index contributed by atoms with van der Waals surface area (Å²) in [5.74, 6) is 0.582. The van der Waals surface area contributed by atoms with Gasteiger partial charge in [-0.25, -0.2) is 8.42 Å². The molecule has 0 amide bonds. The van der Waals surface area contributed by atoms with Gasteiger partial charge in [-0.3, -0.25) is 4.90 Å². The molecule has 0 spiro atoms. The van der Waals surface area contributed by atoms with E-state index in [0.29, 0.717) is 41.9 Å². The van der Waals surface area contributed by atoms with E-state index in [1.54, 1.807) is 0 Å². The molecule has 0 radical (unpaired) electrons. The molecule has 14 heavy (non-hydrogen) atoms. The second kappa shape index (κ2) is 4.55. The zero-order chi connectivity index (χ0) is 10.8. The Morgan fingerprint density at radius 2 is 2.00 bits per heavy atom. The minimum Gasteiger partial charge on any atom is -0.392 e. The van der Waals surface area contributed by atoms with Crippen LogP contribution in [0.5, 0.6) is 0 Å². The molecule has 1 fully saturated rings. The average molecular weight is 236 g/mol. The van der Waals surface area contributed by atoms with Gasteiger partial charge in [0.25, 0.3) is 0 Å². The van der Waals surface area contributed by atoms with Crippen molar-refractivity contribution in [2.75, 3.05) is 25.1 Å². The number of sulfone groups is 1. The van der Waals surface area contributed by atoms with Gasteiger partial charge in [0.1, 0.15) is 9.84 Å². The number of likely N-dealkylation sites (N-methyl/N-ethyl adjacent to an activating group) is 1. The number of thiocarbonyl (C=S) groups is 1. The van der Waals surface area contributed by atoms with E-state index in [4.69, 9.17) is 18.0 Å². The Morgan fingerprint density at radius 3 is 2.43 bits per heavy atom. The SMILES string of the molecule is CN(CC(N)=S)C1CCS(=O)(=O)CC1. The van der Waals surface area contributed by atoms with Crippen LogP contribution in [0.2, 0.25) is 0 Å². The lowest BCUT2D eigenvalue weighted by atomic mass is 10.1. The van der Waals surface area contributed by atoms with Gasteiger partial charge in [-0.05, 0) is 19.9 Å². The quantitative estimate of drug-likeness (QED) is 0.687. The van der Waals surface area contributed by atoms with Gasteiger partial charge in [0.2, 0.25) is 0 Å². The van der Waals surface area contributed by atoms with E-state index in [9.17, 15) is 8.42 Å². The molecule has 4 nitrogen and oxygen atoms in total. The van der Waals surface area contributed by atoms with Gasteiger partial charge in [-0.1, -0.05) is 12.2 Å². The summed E-state index contributed by atoms with van der Waals surface area (Å²) < 4.78 is 22.3. The van der Waals surface area contributed by atoms with Crippen LogP contribution in [0.3, 0.4) is 0 Å². The zero-order valence-corrected chi connectivity index (χ0v) is 9.90. The fourth-order valence-corrected chi connectivity index (χ4v) is 3.36. The van der Waals surface area contributed by atoms with Crippen molar-refractivity contribution in [1.29, 1.82) is 0 Å². The van der Waals surface area contributed by atoms with Gasteiger partial charge in [0, 0.05) is 12.6 Å². The van der Waals surface area contributed by atoms with Crippen molar-refractivity contribution < 1.29 is 8.42 Å². The third-order valence-corrected chi connectivity index (χ3v) is 4.40. The molecule has 0 aromatic rings. The molecule has 0 unspecified atom stereocenters. The van der Waals surface area contributed by atoms with Gasteiger partial charge >= 0.3 is 0 Å². The van der Waals surface area contributed by atoms with Crippen LogP contribution in [0.25, 0.3) is 0 Å². The largest absolute Gasteiger partial charge is 0.392 e. The van der Waals surface area contributed by atoms with Gasteiger partial charge in [-0.2, -0.15) is 0 Å². The number of nitrogens with two attached hydrogens (primary N) is 1. The topological polar surface area (TPSA) is 63.4 Å². The fraction of sp³-hybridized carbons (Fsp3) is 0.875. The van der Waals surface area contributed by atoms with Gasteiger partial charge < -0.3 is 5.73 Å². The maximum Gasteiger partial charge on any atom is 0.150 e. The lowest BCUT2D eigenvalue weighted by molar-refractivity contribution is 0.256. The summed E-state index contributed by atoms with van der Waals surface area (Å²) in [5, 5.41) is 0. The monoisotopic (exact) mass is 236 g/mol. The maximum absolute atomic E-state index is 11.2. The third kappa shape index (κ3) is 3.51. The molecule has 0 atom stereocenters. The van der Waals surface area contributed by atoms with E-state index in [2.05, 4.69) is 0 Å². The number of rotatable bonds is 3. The standard InChI is InChI=1S/C8H16N2O2S2/c1-10(6-8(9)13)7-2-4-14(11,12)5-3-7/h7H,2-6H2,1H3,(H2,9,13). The molecule has 1 heterocycles. The van der Waals surface area contributed by atoms with Crippen LogP contribution in [0.1, 0.15) is 12.8 Å². The molecule has 0 bridgehead atoms. The molecule has 0 aromatic carbocycles. The van der Waals surface area contributed by atoms with Crippen LogP contribution in [0.15, 0.2) is 0 Å². The van der Waals surface area contributed by atoms with E-state index >= 15 is 0 Å². The van der Waals surface area contributed by atoms with Gasteiger partial charge in [0.05, 0.1) is 16.5 Å². The second-order valence-corrected chi connectivity index (χ2v) is 6.59. The van der Waals surface area contributed by atoms with E-state index in [1.165, 1.54) is 0 Å². The minimum absolute atomic E-state index is 0.291. The van der Waals surface area contributed by atoms with Crippen LogP contribution >= 0.6 is 12.2 Å². The average Bonchev–Trinajstić information content (AvgIpc) is 2.02. The second-order valence-electron chi connectivity index (χ2n) is 3.76. The molecule has 1 saturated heterocycles. The summed E-state index contributed by atoms with van der Waals surface area (Å²) in [6.45, 7) is 0.569. The molecule has 1 aliphatic rings. The predicted molar refractivity (Wildman–Crippen MR) is 61.1 cm³/mol. The fourth-order valence-electron chi connectivity index (χ4n) is 1.69. The van der Waals surface area contributed by atoms with Gasteiger partial charge in [-0.15, -0.1) is 0 Å². The Hall–Kier alpha value is -0.200. The first-order chi connectivity index (χ1) is 6.41. The molecular formula is C8H16N2O2S2. The molecule has 82 valence electrons. The van der Waals surface area contributed by atoms with Gasteiger partial charge in [0.15, 0.2) is 0 Å². The maximum atomic E-state index is 11.2. The Morgan fingerprint density at radius 1 is 1.50 bits per heavy atom. The smallest absolute Gasteiger partial charge is 0.150 e. The lowest BCUT2D eigenvalue weighted by Gasteiger charge is -2.30. The summed E-state index contributed by atoms with van der Waals surface area (Å²) >= 11 is 4.80. The van der Waals surface area contributed by atoms with Crippen molar-refractivity contribution in [2.24, 2.45) is 5.73 Å². The molecule has 0 aliphatic carbocycles. The normalized spacial score (nSPS) is 22.4. The predicted octanol–water partition coefficient (Wildman–Crippen LogP) is -0.218. The van der Waals surface area contributed by atoms with Crippen LogP contribution in [0, 0.1) is 0 Å². The summed E-state index contributed by atoms with van der Waals surface area (Å²) in [7, 11) is -0.836. The minimum atomic E-state index is -2.77. The Kier molecular flexibility index (Phi) is 3.86. The van der Waals surface area contributed by atoms with Crippen molar-refractivity contribution in [1.82, 2.24) is 4.90 Å². The summed E-state index contributed by atoms with van der Waals surface area (Å²) in [6, 6.07) is 0.306. The molecule has 6 heteroatoms. The first kappa shape index (κ1) is 11.9. The zero-order valence-electron chi connectivity index (χ0n) is 8.27. The van der Waals surface area contributed by atoms with Crippen molar-refractivity contribution in [3.05, 3.63) is 0 Å². The Balaban J connectivity index is 2.45. The van der Waals surface area contributed by atoms with E-state index < -0.39 is 9.84 Å². The van der Waals surface area contributed by atoms with E-state index in [1.807, 2.05) is 11.9 Å². The highest BCUT2D eigenvalue weighted by Crippen LogP contribution is 2.16. The summed E-state index contributed by atoms with van der Waals surface area (Å²) in [6.07, 6.45) is 1.39.